The van der Waals surface area contributed by atoms with Crippen LogP contribution in [0.4, 0.5) is 0 Å². The third-order valence-electron chi connectivity index (χ3n) is 3.49. The highest BCUT2D eigenvalue weighted by Gasteiger charge is 2.19. The SMILES string of the molecule is CCN[C@H](C)CNS(=O)(=O)c1ccc(OC)c2ccccc12. The standard InChI is InChI=1S/C16H22N2O3S/c1-4-17-12(2)11-18-22(19,20)16-10-9-15(21-3)13-7-5-6-8-14(13)16/h5-10,12,17-18H,4,11H2,1-3H3/t12-/m1/s1. The first-order valence-electron chi connectivity index (χ1n) is 7.28. The molecule has 1 atom stereocenters. The molecular weight excluding hydrogens is 300 g/mol. The highest BCUT2D eigenvalue weighted by molar-refractivity contribution is 7.89. The van der Waals surface area contributed by atoms with E-state index in [1.54, 1.807) is 25.3 Å². The zero-order valence-corrected chi connectivity index (χ0v) is 13.9. The van der Waals surface area contributed by atoms with Crippen LogP contribution in [0.5, 0.6) is 5.75 Å². The molecule has 6 heteroatoms. The van der Waals surface area contributed by atoms with Gasteiger partial charge in [0.1, 0.15) is 5.75 Å². The molecule has 0 spiro atoms. The van der Waals surface area contributed by atoms with Crippen LogP contribution in [0.3, 0.4) is 0 Å². The molecule has 0 amide bonds. The number of methoxy groups -OCH3 is 1. The van der Waals surface area contributed by atoms with Crippen LogP contribution in [0, 0.1) is 0 Å². The third kappa shape index (κ3) is 3.58. The number of hydrogen-bond acceptors (Lipinski definition) is 4. The number of rotatable bonds is 7. The van der Waals surface area contributed by atoms with Crippen molar-refractivity contribution >= 4 is 20.8 Å². The molecule has 0 bridgehead atoms. The Morgan fingerprint density at radius 1 is 1.14 bits per heavy atom. The van der Waals surface area contributed by atoms with Gasteiger partial charge in [0.2, 0.25) is 10.0 Å². The van der Waals surface area contributed by atoms with E-state index >= 15 is 0 Å². The van der Waals surface area contributed by atoms with E-state index in [0.29, 0.717) is 17.7 Å². The Balaban J connectivity index is 2.37. The number of sulfonamides is 1. The molecule has 0 heterocycles. The van der Waals surface area contributed by atoms with Crippen molar-refractivity contribution in [3.05, 3.63) is 36.4 Å². The Morgan fingerprint density at radius 2 is 1.82 bits per heavy atom. The molecule has 2 N–H and O–H groups in total. The van der Waals surface area contributed by atoms with Crippen molar-refractivity contribution in [2.24, 2.45) is 0 Å². The van der Waals surface area contributed by atoms with Gasteiger partial charge in [-0.15, -0.1) is 0 Å². The van der Waals surface area contributed by atoms with Gasteiger partial charge in [-0.25, -0.2) is 13.1 Å². The van der Waals surface area contributed by atoms with Crippen LogP contribution >= 0.6 is 0 Å². The second-order valence-corrected chi connectivity index (χ2v) is 6.86. The number of nitrogens with one attached hydrogen (secondary N) is 2. The van der Waals surface area contributed by atoms with Crippen molar-refractivity contribution in [1.82, 2.24) is 10.0 Å². The smallest absolute Gasteiger partial charge is 0.241 e. The molecule has 0 aromatic heterocycles. The summed E-state index contributed by atoms with van der Waals surface area (Å²) < 4.78 is 33.1. The molecule has 0 unspecified atom stereocenters. The Labute approximate surface area is 131 Å². The molecule has 0 aliphatic rings. The normalized spacial score (nSPS) is 13.2. The van der Waals surface area contributed by atoms with Crippen LogP contribution in [-0.2, 0) is 10.0 Å². The fourth-order valence-electron chi connectivity index (χ4n) is 2.39. The maximum Gasteiger partial charge on any atom is 0.241 e. The maximum atomic E-state index is 12.6. The molecule has 0 fully saturated rings. The van der Waals surface area contributed by atoms with E-state index in [-0.39, 0.29) is 10.9 Å². The van der Waals surface area contributed by atoms with Crippen LogP contribution in [0.1, 0.15) is 13.8 Å². The molecule has 0 saturated heterocycles. The average molecular weight is 322 g/mol. The van der Waals surface area contributed by atoms with Crippen molar-refractivity contribution in [1.29, 1.82) is 0 Å². The minimum absolute atomic E-state index is 0.0734. The largest absolute Gasteiger partial charge is 0.496 e. The molecule has 2 aromatic rings. The topological polar surface area (TPSA) is 67.4 Å². The Bertz CT molecular complexity index is 744. The van der Waals surface area contributed by atoms with Gasteiger partial charge >= 0.3 is 0 Å². The summed E-state index contributed by atoms with van der Waals surface area (Å²) in [5, 5.41) is 4.62. The lowest BCUT2D eigenvalue weighted by molar-refractivity contribution is 0.419. The number of benzene rings is 2. The zero-order valence-electron chi connectivity index (χ0n) is 13.1. The first-order valence-corrected chi connectivity index (χ1v) is 8.76. The van der Waals surface area contributed by atoms with Crippen molar-refractivity contribution < 1.29 is 13.2 Å². The van der Waals surface area contributed by atoms with E-state index in [4.69, 9.17) is 4.74 Å². The van der Waals surface area contributed by atoms with Crippen LogP contribution in [0.25, 0.3) is 10.8 Å². The van der Waals surface area contributed by atoms with Crippen LogP contribution in [-0.4, -0.2) is 34.7 Å². The third-order valence-corrected chi connectivity index (χ3v) is 4.97. The number of ether oxygens (including phenoxy) is 1. The summed E-state index contributed by atoms with van der Waals surface area (Å²) in [5.41, 5.74) is 0. The van der Waals surface area contributed by atoms with Crippen LogP contribution in [0.15, 0.2) is 41.3 Å². The fourth-order valence-corrected chi connectivity index (χ4v) is 3.73. The van der Waals surface area contributed by atoms with E-state index in [0.717, 1.165) is 11.9 Å². The summed E-state index contributed by atoms with van der Waals surface area (Å²) in [6.45, 7) is 5.07. The number of likely N-dealkylation sites (N-methyl/N-ethyl adjacent to an activating group) is 1. The van der Waals surface area contributed by atoms with Gasteiger partial charge in [0.05, 0.1) is 12.0 Å². The van der Waals surface area contributed by atoms with Crippen molar-refractivity contribution in [2.75, 3.05) is 20.2 Å². The van der Waals surface area contributed by atoms with E-state index in [1.807, 2.05) is 32.0 Å². The lowest BCUT2D eigenvalue weighted by Gasteiger charge is -2.15. The molecule has 2 rings (SSSR count). The summed E-state index contributed by atoms with van der Waals surface area (Å²) in [6.07, 6.45) is 0. The lowest BCUT2D eigenvalue weighted by Crippen LogP contribution is -2.38. The summed E-state index contributed by atoms with van der Waals surface area (Å²) in [4.78, 5) is 0.271. The molecule has 5 nitrogen and oxygen atoms in total. The van der Waals surface area contributed by atoms with Crippen LogP contribution in [0.2, 0.25) is 0 Å². The second kappa shape index (κ2) is 7.09. The minimum atomic E-state index is -3.57. The predicted octanol–water partition coefficient (Wildman–Crippen LogP) is 2.12. The number of hydrogen-bond donors (Lipinski definition) is 2. The molecular formula is C16H22N2O3S. The van der Waals surface area contributed by atoms with Crippen LogP contribution < -0.4 is 14.8 Å². The van der Waals surface area contributed by atoms with Crippen molar-refractivity contribution in [3.8, 4) is 5.75 Å². The summed E-state index contributed by atoms with van der Waals surface area (Å²) in [6, 6.07) is 10.7. The maximum absolute atomic E-state index is 12.6. The van der Waals surface area contributed by atoms with Crippen molar-refractivity contribution in [3.63, 3.8) is 0 Å². The highest BCUT2D eigenvalue weighted by Crippen LogP contribution is 2.30. The Morgan fingerprint density at radius 3 is 2.45 bits per heavy atom. The summed E-state index contributed by atoms with van der Waals surface area (Å²) in [7, 11) is -2.00. The molecule has 0 aliphatic heterocycles. The van der Waals surface area contributed by atoms with Gasteiger partial charge in [-0.1, -0.05) is 31.2 Å². The van der Waals surface area contributed by atoms with E-state index in [2.05, 4.69) is 10.0 Å². The van der Waals surface area contributed by atoms with E-state index in [9.17, 15) is 8.42 Å². The van der Waals surface area contributed by atoms with Gasteiger partial charge in [0.25, 0.3) is 0 Å². The molecule has 0 radical (unpaired) electrons. The Kier molecular flexibility index (Phi) is 5.39. The molecule has 2 aromatic carbocycles. The van der Waals surface area contributed by atoms with Gasteiger partial charge < -0.3 is 10.1 Å². The van der Waals surface area contributed by atoms with E-state index in [1.165, 1.54) is 0 Å². The average Bonchev–Trinajstić information content (AvgIpc) is 2.52. The Hall–Kier alpha value is -1.63. The van der Waals surface area contributed by atoms with Gasteiger partial charge in [-0.05, 0) is 25.6 Å². The monoisotopic (exact) mass is 322 g/mol. The second-order valence-electron chi connectivity index (χ2n) is 5.12. The molecule has 120 valence electrons. The quantitative estimate of drug-likeness (QED) is 0.819. The zero-order chi connectivity index (χ0) is 16.2. The summed E-state index contributed by atoms with van der Waals surface area (Å²) in [5.74, 6) is 0.663. The number of fused-ring (bicyclic) bond motifs is 1. The van der Waals surface area contributed by atoms with Gasteiger partial charge in [0.15, 0.2) is 0 Å². The minimum Gasteiger partial charge on any atom is -0.496 e. The molecule has 22 heavy (non-hydrogen) atoms. The van der Waals surface area contributed by atoms with Gasteiger partial charge in [-0.3, -0.25) is 0 Å². The van der Waals surface area contributed by atoms with Gasteiger partial charge in [0, 0.05) is 23.4 Å². The molecule has 0 aliphatic carbocycles. The van der Waals surface area contributed by atoms with Gasteiger partial charge in [-0.2, -0.15) is 0 Å². The fraction of sp³-hybridized carbons (Fsp3) is 0.375. The molecule has 0 saturated carbocycles. The first kappa shape index (κ1) is 16.7. The lowest BCUT2D eigenvalue weighted by atomic mass is 10.1. The highest BCUT2D eigenvalue weighted by atomic mass is 32.2. The first-order chi connectivity index (χ1) is 10.5. The van der Waals surface area contributed by atoms with E-state index < -0.39 is 10.0 Å². The van der Waals surface area contributed by atoms with Crippen molar-refractivity contribution in [2.45, 2.75) is 24.8 Å². The predicted molar refractivity (Wildman–Crippen MR) is 88.8 cm³/mol. The summed E-state index contributed by atoms with van der Waals surface area (Å²) >= 11 is 0.